The molecule has 5 nitrogen and oxygen atoms in total. The van der Waals surface area contributed by atoms with E-state index in [4.69, 9.17) is 11.6 Å². The van der Waals surface area contributed by atoms with Crippen LogP contribution in [0.2, 0.25) is 5.15 Å². The standard InChI is InChI=1S/C19H16ClF2N3O2/c20-17-16(25-9-2-1-6-15(25)24-17)18(26)23-14-5-3-4-11-10-12(27-19(21)22)7-8-13(11)14/h1-2,6-10,14,19H,3-5H2,(H,23,26). The van der Waals surface area contributed by atoms with Crippen LogP contribution in [-0.2, 0) is 6.42 Å². The van der Waals surface area contributed by atoms with Gasteiger partial charge in [0, 0.05) is 6.20 Å². The van der Waals surface area contributed by atoms with E-state index in [2.05, 4.69) is 15.0 Å². The van der Waals surface area contributed by atoms with Crippen molar-refractivity contribution in [2.45, 2.75) is 31.9 Å². The molecule has 1 N–H and O–H groups in total. The van der Waals surface area contributed by atoms with Crippen molar-refractivity contribution in [1.82, 2.24) is 14.7 Å². The maximum atomic E-state index is 12.9. The molecule has 0 saturated carbocycles. The number of aryl methyl sites for hydroxylation is 1. The highest BCUT2D eigenvalue weighted by molar-refractivity contribution is 6.32. The zero-order chi connectivity index (χ0) is 19.0. The van der Waals surface area contributed by atoms with Crippen LogP contribution in [0, 0.1) is 0 Å². The third-order valence-electron chi connectivity index (χ3n) is 4.66. The van der Waals surface area contributed by atoms with Crippen LogP contribution in [0.25, 0.3) is 5.65 Å². The first-order chi connectivity index (χ1) is 13.0. The third-order valence-corrected chi connectivity index (χ3v) is 4.93. The molecule has 0 aliphatic heterocycles. The molecule has 0 radical (unpaired) electrons. The van der Waals surface area contributed by atoms with Gasteiger partial charge in [-0.1, -0.05) is 23.7 Å². The van der Waals surface area contributed by atoms with E-state index < -0.39 is 6.61 Å². The van der Waals surface area contributed by atoms with Gasteiger partial charge < -0.3 is 10.1 Å². The number of nitrogens with zero attached hydrogens (tertiary/aromatic N) is 2. The fourth-order valence-electron chi connectivity index (χ4n) is 3.51. The molecule has 1 unspecified atom stereocenters. The van der Waals surface area contributed by atoms with Crippen LogP contribution < -0.4 is 10.1 Å². The van der Waals surface area contributed by atoms with Crippen LogP contribution in [0.5, 0.6) is 5.75 Å². The average molecular weight is 392 g/mol. The van der Waals surface area contributed by atoms with E-state index in [0.29, 0.717) is 5.65 Å². The summed E-state index contributed by atoms with van der Waals surface area (Å²) in [5.41, 5.74) is 2.66. The van der Waals surface area contributed by atoms with E-state index in [1.165, 1.54) is 6.07 Å². The van der Waals surface area contributed by atoms with E-state index in [9.17, 15) is 13.6 Å². The molecule has 0 spiro atoms. The maximum Gasteiger partial charge on any atom is 0.387 e. The van der Waals surface area contributed by atoms with Crippen molar-refractivity contribution in [3.63, 3.8) is 0 Å². The van der Waals surface area contributed by atoms with Crippen molar-refractivity contribution >= 4 is 23.2 Å². The van der Waals surface area contributed by atoms with Crippen LogP contribution >= 0.6 is 11.6 Å². The van der Waals surface area contributed by atoms with Crippen molar-refractivity contribution in [1.29, 1.82) is 0 Å². The summed E-state index contributed by atoms with van der Waals surface area (Å²) >= 11 is 6.17. The Labute approximate surface area is 158 Å². The Balaban J connectivity index is 1.60. The number of ether oxygens (including phenoxy) is 1. The number of rotatable bonds is 4. The van der Waals surface area contributed by atoms with Gasteiger partial charge in [0.15, 0.2) is 10.8 Å². The molecular weight excluding hydrogens is 376 g/mol. The highest BCUT2D eigenvalue weighted by Crippen LogP contribution is 2.33. The molecule has 4 rings (SSSR count). The molecule has 2 heterocycles. The van der Waals surface area contributed by atoms with Gasteiger partial charge in [-0.25, -0.2) is 4.98 Å². The molecule has 140 valence electrons. The number of alkyl halides is 2. The summed E-state index contributed by atoms with van der Waals surface area (Å²) < 4.78 is 31.0. The number of halogens is 3. The Morgan fingerprint density at radius 1 is 1.33 bits per heavy atom. The van der Waals surface area contributed by atoms with Gasteiger partial charge in [0.2, 0.25) is 0 Å². The SMILES string of the molecule is O=C(NC1CCCc2cc(OC(F)F)ccc21)c1c(Cl)nc2ccccn12. The lowest BCUT2D eigenvalue weighted by Crippen LogP contribution is -2.32. The van der Waals surface area contributed by atoms with Crippen molar-refractivity contribution in [2.75, 3.05) is 0 Å². The molecule has 1 amide bonds. The number of amides is 1. The minimum Gasteiger partial charge on any atom is -0.435 e. The first kappa shape index (κ1) is 17.7. The van der Waals surface area contributed by atoms with Crippen LogP contribution in [0.15, 0.2) is 42.6 Å². The highest BCUT2D eigenvalue weighted by Gasteiger charge is 2.26. The number of nitrogens with one attached hydrogen (secondary N) is 1. The number of imidazole rings is 1. The van der Waals surface area contributed by atoms with Crippen molar-refractivity contribution in [2.24, 2.45) is 0 Å². The molecule has 3 aromatic rings. The fraction of sp³-hybridized carbons (Fsp3) is 0.263. The first-order valence-corrected chi connectivity index (χ1v) is 8.92. The Morgan fingerprint density at radius 2 is 2.19 bits per heavy atom. The predicted octanol–water partition coefficient (Wildman–Crippen LogP) is 4.40. The van der Waals surface area contributed by atoms with E-state index in [0.717, 1.165) is 30.4 Å². The molecular formula is C19H16ClF2N3O2. The topological polar surface area (TPSA) is 55.6 Å². The Morgan fingerprint density at radius 3 is 3.00 bits per heavy atom. The number of hydrogen-bond donors (Lipinski definition) is 1. The summed E-state index contributed by atoms with van der Waals surface area (Å²) in [7, 11) is 0. The van der Waals surface area contributed by atoms with Crippen molar-refractivity contribution in [3.05, 3.63) is 64.6 Å². The molecule has 8 heteroatoms. The Kier molecular flexibility index (Phi) is 4.70. The van der Waals surface area contributed by atoms with Crippen LogP contribution in [0.4, 0.5) is 8.78 Å². The largest absolute Gasteiger partial charge is 0.435 e. The van der Waals surface area contributed by atoms with Gasteiger partial charge >= 0.3 is 6.61 Å². The quantitative estimate of drug-likeness (QED) is 0.717. The lowest BCUT2D eigenvalue weighted by Gasteiger charge is -2.27. The van der Waals surface area contributed by atoms with Crippen LogP contribution in [0.3, 0.4) is 0 Å². The van der Waals surface area contributed by atoms with Crippen LogP contribution in [0.1, 0.15) is 40.5 Å². The first-order valence-electron chi connectivity index (χ1n) is 8.54. The molecule has 0 fully saturated rings. The third kappa shape index (κ3) is 3.47. The van der Waals surface area contributed by atoms with Gasteiger partial charge in [-0.15, -0.1) is 0 Å². The lowest BCUT2D eigenvalue weighted by atomic mass is 9.87. The second-order valence-electron chi connectivity index (χ2n) is 6.34. The summed E-state index contributed by atoms with van der Waals surface area (Å²) in [5.74, 6) is -0.204. The summed E-state index contributed by atoms with van der Waals surface area (Å²) in [6, 6.07) is 9.99. The fourth-order valence-corrected chi connectivity index (χ4v) is 3.78. The molecule has 1 aliphatic carbocycles. The molecule has 2 aromatic heterocycles. The smallest absolute Gasteiger partial charge is 0.387 e. The maximum absolute atomic E-state index is 12.9. The average Bonchev–Trinajstić information content (AvgIpc) is 2.97. The van der Waals surface area contributed by atoms with E-state index in [1.807, 2.05) is 6.07 Å². The summed E-state index contributed by atoms with van der Waals surface area (Å²) in [6.45, 7) is -2.86. The van der Waals surface area contributed by atoms with Crippen molar-refractivity contribution in [3.8, 4) is 5.75 Å². The summed E-state index contributed by atoms with van der Waals surface area (Å²) in [4.78, 5) is 17.0. The van der Waals surface area contributed by atoms with Gasteiger partial charge in [-0.3, -0.25) is 9.20 Å². The second-order valence-corrected chi connectivity index (χ2v) is 6.70. The molecule has 27 heavy (non-hydrogen) atoms. The normalized spacial score (nSPS) is 16.4. The Bertz CT molecular complexity index is 1010. The number of fused-ring (bicyclic) bond motifs is 2. The van der Waals surface area contributed by atoms with Crippen LogP contribution in [-0.4, -0.2) is 21.9 Å². The lowest BCUT2D eigenvalue weighted by molar-refractivity contribution is -0.0499. The number of carbonyl (C=O) groups excluding carboxylic acids is 1. The summed E-state index contributed by atoms with van der Waals surface area (Å²) in [5, 5.41) is 3.13. The van der Waals surface area contributed by atoms with E-state index in [1.54, 1.807) is 34.9 Å². The van der Waals surface area contributed by atoms with Gasteiger partial charge in [-0.05, 0) is 54.7 Å². The zero-order valence-corrected chi connectivity index (χ0v) is 14.9. The molecule has 1 aromatic carbocycles. The molecule has 1 atom stereocenters. The molecule has 0 bridgehead atoms. The van der Waals surface area contributed by atoms with E-state index in [-0.39, 0.29) is 28.5 Å². The number of pyridine rings is 1. The van der Waals surface area contributed by atoms with Crippen molar-refractivity contribution < 1.29 is 18.3 Å². The number of aromatic nitrogens is 2. The molecule has 1 aliphatic rings. The predicted molar refractivity (Wildman–Crippen MR) is 96.4 cm³/mol. The minimum atomic E-state index is -2.86. The molecule has 0 saturated heterocycles. The van der Waals surface area contributed by atoms with Gasteiger partial charge in [0.1, 0.15) is 11.4 Å². The highest BCUT2D eigenvalue weighted by atomic mass is 35.5. The Hall–Kier alpha value is -2.67. The number of benzene rings is 1. The number of carbonyl (C=O) groups is 1. The van der Waals surface area contributed by atoms with Gasteiger partial charge in [-0.2, -0.15) is 8.78 Å². The zero-order valence-electron chi connectivity index (χ0n) is 14.2. The minimum absolute atomic E-state index is 0.126. The number of hydrogen-bond acceptors (Lipinski definition) is 3. The summed E-state index contributed by atoms with van der Waals surface area (Å²) in [6.07, 6.45) is 4.06. The van der Waals surface area contributed by atoms with Gasteiger partial charge in [0.05, 0.1) is 6.04 Å². The monoisotopic (exact) mass is 391 g/mol. The second kappa shape index (κ2) is 7.15. The van der Waals surface area contributed by atoms with Gasteiger partial charge in [0.25, 0.3) is 5.91 Å². The van der Waals surface area contributed by atoms with E-state index >= 15 is 0 Å².